The average molecular weight is 697 g/mol. The fraction of sp³-hybridized carbons (Fsp3) is 0.342. The summed E-state index contributed by atoms with van der Waals surface area (Å²) in [6, 6.07) is 22.8. The number of carbonyl (C=O) groups is 3. The minimum atomic E-state index is -1.44. The summed E-state index contributed by atoms with van der Waals surface area (Å²) in [4.78, 5) is 50.5. The van der Waals surface area contributed by atoms with Crippen molar-refractivity contribution in [3.05, 3.63) is 108 Å². The fourth-order valence-electron chi connectivity index (χ4n) is 6.33. The Hall–Kier alpha value is -5.37. The van der Waals surface area contributed by atoms with Crippen molar-refractivity contribution in [2.24, 2.45) is 11.8 Å². The second kappa shape index (κ2) is 15.3. The molecule has 0 bridgehead atoms. The van der Waals surface area contributed by atoms with E-state index in [1.165, 1.54) is 7.11 Å². The van der Waals surface area contributed by atoms with E-state index in [-0.39, 0.29) is 31.2 Å². The van der Waals surface area contributed by atoms with Gasteiger partial charge in [-0.1, -0.05) is 54.6 Å². The molecule has 5 aromatic rings. The zero-order valence-electron chi connectivity index (χ0n) is 27.7. The van der Waals surface area contributed by atoms with Crippen LogP contribution in [-0.4, -0.2) is 77.4 Å². The molecular formula is C38H36N2O11. The Morgan fingerprint density at radius 1 is 0.765 bits per heavy atom. The number of benzene rings is 3. The third-order valence-corrected chi connectivity index (χ3v) is 8.95. The van der Waals surface area contributed by atoms with E-state index < -0.39 is 67.1 Å². The van der Waals surface area contributed by atoms with Gasteiger partial charge in [0.05, 0.1) is 24.0 Å². The second-order valence-electron chi connectivity index (χ2n) is 12.4. The summed E-state index contributed by atoms with van der Waals surface area (Å²) >= 11 is 0. The van der Waals surface area contributed by atoms with Crippen LogP contribution in [0.3, 0.4) is 0 Å². The van der Waals surface area contributed by atoms with Crippen molar-refractivity contribution >= 4 is 40.1 Å². The van der Waals surface area contributed by atoms with Crippen LogP contribution in [0.2, 0.25) is 0 Å². The quantitative estimate of drug-likeness (QED) is 0.134. The molecule has 2 aliphatic heterocycles. The highest BCUT2D eigenvalue weighted by atomic mass is 16.7. The molecule has 51 heavy (non-hydrogen) atoms. The molecule has 13 heteroatoms. The van der Waals surface area contributed by atoms with Gasteiger partial charge in [0, 0.05) is 20.0 Å². The van der Waals surface area contributed by atoms with Crippen molar-refractivity contribution in [1.82, 2.24) is 9.97 Å². The molecule has 2 aliphatic rings. The van der Waals surface area contributed by atoms with Crippen molar-refractivity contribution in [3.63, 3.8) is 0 Å². The smallest absolute Gasteiger partial charge is 0.338 e. The summed E-state index contributed by atoms with van der Waals surface area (Å²) in [6.45, 7) is -0.632. The molecule has 0 radical (unpaired) electrons. The number of rotatable bonds is 8. The number of nitrogens with zero attached hydrogens (tertiary/aromatic N) is 2. The minimum absolute atomic E-state index is 0.0868. The fourth-order valence-corrected chi connectivity index (χ4v) is 6.33. The Balaban J connectivity index is 1.24. The molecule has 13 nitrogen and oxygen atoms in total. The number of aliphatic hydroxyl groups is 1. The van der Waals surface area contributed by atoms with Gasteiger partial charge in [-0.3, -0.25) is 9.59 Å². The first kappa shape index (κ1) is 34.1. The van der Waals surface area contributed by atoms with Crippen LogP contribution in [0.5, 0.6) is 0 Å². The lowest BCUT2D eigenvalue weighted by atomic mass is 9.94. The highest BCUT2D eigenvalue weighted by Crippen LogP contribution is 2.33. The van der Waals surface area contributed by atoms with E-state index >= 15 is 0 Å². The largest absolute Gasteiger partial charge is 0.455 e. The van der Waals surface area contributed by atoms with Gasteiger partial charge in [0.15, 0.2) is 47.5 Å². The predicted octanol–water partition coefficient (Wildman–Crippen LogP) is 4.75. The third-order valence-electron chi connectivity index (χ3n) is 8.95. The number of esters is 3. The number of oxazole rings is 2. The Bertz CT molecular complexity index is 1960. The Morgan fingerprint density at radius 3 is 1.82 bits per heavy atom. The van der Waals surface area contributed by atoms with E-state index in [0.717, 1.165) is 0 Å². The summed E-state index contributed by atoms with van der Waals surface area (Å²) in [5.41, 5.74) is 2.66. The maximum atomic E-state index is 14.1. The number of fused-ring (bicyclic) bond motifs is 3. The highest BCUT2D eigenvalue weighted by Gasteiger charge is 2.53. The van der Waals surface area contributed by atoms with Crippen molar-refractivity contribution in [3.8, 4) is 0 Å². The Morgan fingerprint density at radius 2 is 1.29 bits per heavy atom. The predicted molar refractivity (Wildman–Crippen MR) is 179 cm³/mol. The summed E-state index contributed by atoms with van der Waals surface area (Å²) in [7, 11) is 1.32. The standard InChI is InChI=1S/C38H36N2O11/c1-45-38-34(51-35(42)22-11-3-2-4-12-22)33-32(29(21-41)48-38)49-36(43)23(19-30-39-25-15-7-9-17-27(25)46-30)13-5-6-14-24(37(44)50-33)20-31-40-26-16-8-10-18-28(26)47-31/h2-12,15-18,23-24,29,32-34,38,41H,13-14,19-21H2,1H3/t23-,24-,29-,32+,33+,34-,38+/m1/s1. The first-order chi connectivity index (χ1) is 24.9. The van der Waals surface area contributed by atoms with E-state index in [9.17, 15) is 19.5 Å². The van der Waals surface area contributed by atoms with Crippen LogP contribution in [-0.2, 0) is 46.1 Å². The normalized spacial score (nSPS) is 25.7. The van der Waals surface area contributed by atoms with E-state index in [1.54, 1.807) is 54.6 Å². The number of hydrogen-bond donors (Lipinski definition) is 1. The van der Waals surface area contributed by atoms with Gasteiger partial charge in [0.1, 0.15) is 17.1 Å². The van der Waals surface area contributed by atoms with Gasteiger partial charge >= 0.3 is 17.9 Å². The van der Waals surface area contributed by atoms with E-state index in [1.807, 2.05) is 36.4 Å². The van der Waals surface area contributed by atoms with Gasteiger partial charge in [-0.15, -0.1) is 0 Å². The SMILES string of the molecule is CO[C@H]1O[C@H](CO)[C@@H]2OC(=O)[C@@H](Cc3nc4ccccc4o3)CC=CC[C@H](Cc3nc4ccccc4o3)C(=O)O[C@@H]2[C@H]1OC(=O)c1ccccc1. The van der Waals surface area contributed by atoms with Crippen LogP contribution in [0.4, 0.5) is 0 Å². The van der Waals surface area contributed by atoms with Crippen molar-refractivity contribution in [2.75, 3.05) is 13.7 Å². The summed E-state index contributed by atoms with van der Waals surface area (Å²) < 4.78 is 41.5. The van der Waals surface area contributed by atoms with Crippen LogP contribution in [0.25, 0.3) is 22.2 Å². The molecule has 3 aromatic carbocycles. The van der Waals surface area contributed by atoms with E-state index in [4.69, 9.17) is 32.5 Å². The lowest BCUT2D eigenvalue weighted by Gasteiger charge is -2.44. The first-order valence-corrected chi connectivity index (χ1v) is 16.7. The average Bonchev–Trinajstić information content (AvgIpc) is 3.76. The van der Waals surface area contributed by atoms with Gasteiger partial charge in [-0.05, 0) is 49.2 Å². The van der Waals surface area contributed by atoms with Gasteiger partial charge in [-0.2, -0.15) is 0 Å². The van der Waals surface area contributed by atoms with Gasteiger partial charge in [-0.25, -0.2) is 14.8 Å². The van der Waals surface area contributed by atoms with Gasteiger partial charge in [0.2, 0.25) is 0 Å². The van der Waals surface area contributed by atoms with Crippen molar-refractivity contribution in [1.29, 1.82) is 0 Å². The molecule has 7 rings (SSSR count). The maximum Gasteiger partial charge on any atom is 0.338 e. The molecule has 1 saturated heterocycles. The lowest BCUT2D eigenvalue weighted by molar-refractivity contribution is -0.300. The van der Waals surface area contributed by atoms with Gasteiger partial charge < -0.3 is 37.6 Å². The number of allylic oxidation sites excluding steroid dienone is 2. The number of para-hydroxylation sites is 4. The number of hydrogen-bond acceptors (Lipinski definition) is 13. The Labute approximate surface area is 292 Å². The molecular weight excluding hydrogens is 660 g/mol. The number of ether oxygens (including phenoxy) is 5. The molecule has 4 heterocycles. The molecule has 1 N–H and O–H groups in total. The topological polar surface area (TPSA) is 170 Å². The number of aromatic nitrogens is 2. The Kier molecular flexibility index (Phi) is 10.2. The molecule has 264 valence electrons. The monoisotopic (exact) mass is 696 g/mol. The minimum Gasteiger partial charge on any atom is -0.455 e. The molecule has 0 aliphatic carbocycles. The molecule has 2 aromatic heterocycles. The zero-order chi connectivity index (χ0) is 35.3. The zero-order valence-corrected chi connectivity index (χ0v) is 27.7. The summed E-state index contributed by atoms with van der Waals surface area (Å²) in [5.74, 6) is -3.04. The van der Waals surface area contributed by atoms with Gasteiger partial charge in [0.25, 0.3) is 0 Å². The molecule has 1 fully saturated rings. The number of carbonyl (C=O) groups excluding carboxylic acids is 3. The molecule has 0 saturated carbocycles. The van der Waals surface area contributed by atoms with E-state index in [2.05, 4.69) is 9.97 Å². The highest BCUT2D eigenvalue weighted by molar-refractivity contribution is 5.89. The van der Waals surface area contributed by atoms with E-state index in [0.29, 0.717) is 34.0 Å². The van der Waals surface area contributed by atoms with Crippen LogP contribution in [0.15, 0.2) is 99.8 Å². The van der Waals surface area contributed by atoms with Crippen LogP contribution >= 0.6 is 0 Å². The molecule has 0 spiro atoms. The number of methoxy groups -OCH3 is 1. The maximum absolute atomic E-state index is 14.1. The summed E-state index contributed by atoms with van der Waals surface area (Å²) in [6.07, 6.45) is -2.52. The molecule has 0 unspecified atom stereocenters. The molecule has 0 amide bonds. The third kappa shape index (κ3) is 7.55. The number of aliphatic hydroxyl groups excluding tert-OH is 1. The van der Waals surface area contributed by atoms with Crippen molar-refractivity contribution in [2.45, 2.75) is 56.4 Å². The van der Waals surface area contributed by atoms with Crippen molar-refractivity contribution < 1.29 is 52.0 Å². The van der Waals surface area contributed by atoms with Crippen LogP contribution < -0.4 is 0 Å². The lowest BCUT2D eigenvalue weighted by Crippen LogP contribution is -2.63. The van der Waals surface area contributed by atoms with Crippen LogP contribution in [0, 0.1) is 11.8 Å². The van der Waals surface area contributed by atoms with Crippen LogP contribution in [0.1, 0.15) is 35.0 Å². The summed E-state index contributed by atoms with van der Waals surface area (Å²) in [5, 5.41) is 10.5. The second-order valence-corrected chi connectivity index (χ2v) is 12.4. The first-order valence-electron chi connectivity index (χ1n) is 16.7. The molecule has 7 atom stereocenters.